The van der Waals surface area contributed by atoms with Crippen molar-refractivity contribution in [1.82, 2.24) is 0 Å². The Kier molecular flexibility index (Phi) is 6.49. The van der Waals surface area contributed by atoms with Crippen molar-refractivity contribution >= 4 is 35.6 Å². The predicted octanol–water partition coefficient (Wildman–Crippen LogP) is 4.17. The highest BCUT2D eigenvalue weighted by molar-refractivity contribution is 6.35. The summed E-state index contributed by atoms with van der Waals surface area (Å²) in [7, 11) is 0. The molecule has 0 saturated carbocycles. The molecule has 0 radical (unpaired) electrons. The topological polar surface area (TPSA) is 46.2 Å². The lowest BCUT2D eigenvalue weighted by molar-refractivity contribution is 0.419. The van der Waals surface area contributed by atoms with Gasteiger partial charge in [0.05, 0.1) is 5.02 Å². The molecule has 0 heterocycles. The van der Waals surface area contributed by atoms with E-state index in [1.165, 1.54) is 6.07 Å². The van der Waals surface area contributed by atoms with E-state index in [0.717, 1.165) is 6.42 Å². The van der Waals surface area contributed by atoms with Crippen LogP contribution in [0.25, 0.3) is 0 Å². The van der Waals surface area contributed by atoms with E-state index in [9.17, 15) is 5.11 Å². The lowest BCUT2D eigenvalue weighted by Gasteiger charge is -2.21. The zero-order valence-corrected chi connectivity index (χ0v) is 11.5. The Balaban J connectivity index is 0.00000225. The molecule has 0 aliphatic rings. The van der Waals surface area contributed by atoms with Gasteiger partial charge in [-0.1, -0.05) is 43.5 Å². The van der Waals surface area contributed by atoms with Crippen LogP contribution in [0.2, 0.25) is 10.0 Å². The maximum atomic E-state index is 9.74. The number of halogens is 3. The average molecular weight is 285 g/mol. The second-order valence-corrected chi connectivity index (χ2v) is 4.58. The van der Waals surface area contributed by atoms with E-state index in [0.29, 0.717) is 15.6 Å². The van der Waals surface area contributed by atoms with Crippen molar-refractivity contribution in [2.45, 2.75) is 26.3 Å². The van der Waals surface area contributed by atoms with Gasteiger partial charge in [-0.25, -0.2) is 0 Å². The van der Waals surface area contributed by atoms with Crippen LogP contribution in [-0.2, 0) is 0 Å². The average Bonchev–Trinajstić information content (AvgIpc) is 2.14. The quantitative estimate of drug-likeness (QED) is 0.875. The fourth-order valence-corrected chi connectivity index (χ4v) is 2.05. The van der Waals surface area contributed by atoms with Crippen molar-refractivity contribution in [3.05, 3.63) is 27.7 Å². The molecule has 92 valence electrons. The summed E-state index contributed by atoms with van der Waals surface area (Å²) in [5.41, 5.74) is 6.59. The fraction of sp³-hybridized carbons (Fsp3) is 0.455. The zero-order chi connectivity index (χ0) is 11.6. The second kappa shape index (κ2) is 6.55. The fourth-order valence-electron chi connectivity index (χ4n) is 1.44. The highest BCUT2D eigenvalue weighted by atomic mass is 35.5. The van der Waals surface area contributed by atoms with Gasteiger partial charge in [-0.05, 0) is 18.1 Å². The predicted molar refractivity (Wildman–Crippen MR) is 71.8 cm³/mol. The Hall–Kier alpha value is -0.150. The Morgan fingerprint density at radius 3 is 2.38 bits per heavy atom. The van der Waals surface area contributed by atoms with Gasteiger partial charge in [-0.3, -0.25) is 0 Å². The van der Waals surface area contributed by atoms with Gasteiger partial charge in [0.15, 0.2) is 0 Å². The highest BCUT2D eigenvalue weighted by Gasteiger charge is 2.20. The molecule has 0 amide bonds. The number of aromatic hydroxyl groups is 1. The molecule has 16 heavy (non-hydrogen) atoms. The van der Waals surface area contributed by atoms with Crippen LogP contribution in [0.5, 0.6) is 5.75 Å². The first-order valence-electron chi connectivity index (χ1n) is 4.90. The van der Waals surface area contributed by atoms with Crippen molar-refractivity contribution in [1.29, 1.82) is 0 Å². The lowest BCUT2D eigenvalue weighted by Crippen LogP contribution is -2.19. The van der Waals surface area contributed by atoms with Crippen LogP contribution >= 0.6 is 35.6 Å². The highest BCUT2D eigenvalue weighted by Crippen LogP contribution is 2.37. The smallest absolute Gasteiger partial charge is 0.123 e. The number of benzene rings is 1. The number of phenolic OH excluding ortho intramolecular Hbond substituents is 1. The molecule has 3 N–H and O–H groups in total. The van der Waals surface area contributed by atoms with E-state index in [2.05, 4.69) is 0 Å². The molecule has 1 aromatic carbocycles. The summed E-state index contributed by atoms with van der Waals surface area (Å²) in [5.74, 6) is 0.329. The lowest BCUT2D eigenvalue weighted by atomic mass is 9.93. The summed E-state index contributed by atoms with van der Waals surface area (Å²) in [6, 6.07) is 2.80. The Morgan fingerprint density at radius 2 is 1.94 bits per heavy atom. The molecule has 0 aliphatic heterocycles. The first-order chi connectivity index (χ1) is 6.97. The Labute approximate surface area is 112 Å². The largest absolute Gasteiger partial charge is 0.508 e. The van der Waals surface area contributed by atoms with E-state index < -0.39 is 0 Å². The summed E-state index contributed by atoms with van der Waals surface area (Å²) in [6.07, 6.45) is 0.930. The maximum absolute atomic E-state index is 9.74. The van der Waals surface area contributed by atoms with Gasteiger partial charge in [0.1, 0.15) is 5.75 Å². The third kappa shape index (κ3) is 3.42. The first-order valence-corrected chi connectivity index (χ1v) is 5.66. The number of hydrogen-bond donors (Lipinski definition) is 2. The van der Waals surface area contributed by atoms with Crippen molar-refractivity contribution in [2.24, 2.45) is 11.7 Å². The minimum atomic E-state index is -0.264. The Bertz CT molecular complexity index is 334. The summed E-state index contributed by atoms with van der Waals surface area (Å²) < 4.78 is 0. The van der Waals surface area contributed by atoms with Crippen LogP contribution in [0.4, 0.5) is 0 Å². The van der Waals surface area contributed by atoms with Gasteiger partial charge in [-0.2, -0.15) is 0 Å². The van der Waals surface area contributed by atoms with Crippen LogP contribution in [0.3, 0.4) is 0 Å². The number of rotatable bonds is 3. The van der Waals surface area contributed by atoms with Crippen molar-refractivity contribution in [2.75, 3.05) is 0 Å². The number of hydrogen-bond acceptors (Lipinski definition) is 2. The zero-order valence-electron chi connectivity index (χ0n) is 9.21. The summed E-state index contributed by atoms with van der Waals surface area (Å²) in [4.78, 5) is 0. The molecule has 1 unspecified atom stereocenters. The molecular formula is C11H16Cl3NO. The molecule has 2 atom stereocenters. The minimum Gasteiger partial charge on any atom is -0.508 e. The molecular weight excluding hydrogens is 268 g/mol. The SMILES string of the molecule is CCC(C)[C@@H](N)c1c(O)cc(Cl)cc1Cl.Cl. The molecule has 0 aromatic heterocycles. The molecule has 0 fully saturated rings. The minimum absolute atomic E-state index is 0. The van der Waals surface area contributed by atoms with Crippen LogP contribution in [0, 0.1) is 5.92 Å². The normalized spacial score (nSPS) is 14.1. The number of nitrogens with two attached hydrogens (primary N) is 1. The monoisotopic (exact) mass is 283 g/mol. The van der Waals surface area contributed by atoms with E-state index >= 15 is 0 Å². The van der Waals surface area contributed by atoms with E-state index in [-0.39, 0.29) is 30.1 Å². The molecule has 0 aliphatic carbocycles. The van der Waals surface area contributed by atoms with Crippen molar-refractivity contribution in [3.8, 4) is 5.75 Å². The van der Waals surface area contributed by atoms with Gasteiger partial charge < -0.3 is 10.8 Å². The molecule has 2 nitrogen and oxygen atoms in total. The molecule has 0 saturated heterocycles. The number of phenols is 1. The summed E-state index contributed by atoms with van der Waals surface area (Å²) in [5, 5.41) is 10.6. The molecule has 1 rings (SSSR count). The Morgan fingerprint density at radius 1 is 1.38 bits per heavy atom. The van der Waals surface area contributed by atoms with Crippen LogP contribution in [0.1, 0.15) is 31.9 Å². The van der Waals surface area contributed by atoms with E-state index in [4.69, 9.17) is 28.9 Å². The van der Waals surface area contributed by atoms with Gasteiger partial charge >= 0.3 is 0 Å². The van der Waals surface area contributed by atoms with Gasteiger partial charge in [0.25, 0.3) is 0 Å². The van der Waals surface area contributed by atoms with Crippen molar-refractivity contribution in [3.63, 3.8) is 0 Å². The van der Waals surface area contributed by atoms with Gasteiger partial charge in [0.2, 0.25) is 0 Å². The molecule has 5 heteroatoms. The molecule has 0 spiro atoms. The van der Waals surface area contributed by atoms with Crippen LogP contribution < -0.4 is 5.73 Å². The third-order valence-corrected chi connectivity index (χ3v) is 3.19. The standard InChI is InChI=1S/C11H15Cl2NO.ClH/c1-3-6(2)11(14)10-8(13)4-7(12)5-9(10)15;/h4-6,11,15H,3,14H2,1-2H3;1H/t6?,11-;/m1./s1. The van der Waals surface area contributed by atoms with Crippen molar-refractivity contribution < 1.29 is 5.11 Å². The van der Waals surface area contributed by atoms with Gasteiger partial charge in [-0.15, -0.1) is 12.4 Å². The second-order valence-electron chi connectivity index (χ2n) is 3.73. The molecule has 1 aromatic rings. The first kappa shape index (κ1) is 15.9. The van der Waals surface area contributed by atoms with E-state index in [1.54, 1.807) is 6.07 Å². The van der Waals surface area contributed by atoms with E-state index in [1.807, 2.05) is 13.8 Å². The van der Waals surface area contributed by atoms with Gasteiger partial charge in [0, 0.05) is 16.6 Å². The summed E-state index contributed by atoms with van der Waals surface area (Å²) >= 11 is 11.8. The van der Waals surface area contributed by atoms with Crippen LogP contribution in [-0.4, -0.2) is 5.11 Å². The molecule has 0 bridgehead atoms. The third-order valence-electron chi connectivity index (χ3n) is 2.66. The summed E-state index contributed by atoms with van der Waals surface area (Å²) in [6.45, 7) is 4.07. The maximum Gasteiger partial charge on any atom is 0.123 e. The van der Waals surface area contributed by atoms with Crippen LogP contribution in [0.15, 0.2) is 12.1 Å².